The molecule has 106 valence electrons. The van der Waals surface area contributed by atoms with Gasteiger partial charge in [0.05, 0.1) is 6.04 Å². The number of amides is 1. The Morgan fingerprint density at radius 3 is 3.05 bits per heavy atom. The van der Waals surface area contributed by atoms with Gasteiger partial charge in [-0.2, -0.15) is 0 Å². The summed E-state index contributed by atoms with van der Waals surface area (Å²) in [7, 11) is 0. The molecule has 2 aromatic rings. The van der Waals surface area contributed by atoms with Crippen LogP contribution in [0.3, 0.4) is 0 Å². The van der Waals surface area contributed by atoms with Crippen molar-refractivity contribution in [2.24, 2.45) is 0 Å². The number of likely N-dealkylation sites (tertiary alicyclic amines) is 1. The molecule has 1 aliphatic rings. The fourth-order valence-electron chi connectivity index (χ4n) is 2.60. The lowest BCUT2D eigenvalue weighted by atomic mass is 10.1. The maximum atomic E-state index is 12.6. The predicted molar refractivity (Wildman–Crippen MR) is 77.9 cm³/mol. The second kappa shape index (κ2) is 5.40. The molecule has 3 heterocycles. The molecule has 5 heteroatoms. The maximum Gasteiger partial charge on any atom is 0.276 e. The highest BCUT2D eigenvalue weighted by molar-refractivity contribution is 7.10. The van der Waals surface area contributed by atoms with Gasteiger partial charge in [0.1, 0.15) is 5.76 Å². The monoisotopic (exact) mass is 290 g/mol. The third-order valence-electron chi connectivity index (χ3n) is 3.70. The quantitative estimate of drug-likeness (QED) is 0.863. The van der Waals surface area contributed by atoms with E-state index in [0.29, 0.717) is 5.69 Å². The maximum absolute atomic E-state index is 12.6. The van der Waals surface area contributed by atoms with Gasteiger partial charge in [-0.25, -0.2) is 0 Å². The summed E-state index contributed by atoms with van der Waals surface area (Å²) in [4.78, 5) is 15.8. The van der Waals surface area contributed by atoms with Crippen LogP contribution in [-0.4, -0.2) is 22.5 Å². The third-order valence-corrected chi connectivity index (χ3v) is 4.68. The molecule has 1 aliphatic heterocycles. The average molecular weight is 290 g/mol. The minimum Gasteiger partial charge on any atom is -0.360 e. The van der Waals surface area contributed by atoms with Gasteiger partial charge in [0.25, 0.3) is 5.91 Å². The van der Waals surface area contributed by atoms with Crippen molar-refractivity contribution < 1.29 is 9.32 Å². The van der Waals surface area contributed by atoms with Crippen molar-refractivity contribution in [2.75, 3.05) is 6.54 Å². The normalized spacial score (nSPS) is 18.9. The molecule has 1 amide bonds. The number of carbonyl (C=O) groups is 1. The Hall–Kier alpha value is -1.62. The number of nitrogens with zero attached hydrogens (tertiary/aromatic N) is 2. The minimum absolute atomic E-state index is 0.0171. The molecule has 2 aromatic heterocycles. The Morgan fingerprint density at radius 2 is 2.40 bits per heavy atom. The molecular formula is C15H18N2O2S. The van der Waals surface area contributed by atoms with Gasteiger partial charge in [-0.1, -0.05) is 25.1 Å². The largest absolute Gasteiger partial charge is 0.360 e. The fourth-order valence-corrected chi connectivity index (χ4v) is 3.47. The summed E-state index contributed by atoms with van der Waals surface area (Å²) in [5, 5.41) is 5.99. The third kappa shape index (κ3) is 2.38. The zero-order valence-corrected chi connectivity index (χ0v) is 12.5. The molecule has 0 radical (unpaired) electrons. The number of carbonyl (C=O) groups excluding carboxylic acids is 1. The molecule has 0 aliphatic carbocycles. The average Bonchev–Trinajstić information content (AvgIpc) is 3.17. The Bertz CT molecular complexity index is 589. The van der Waals surface area contributed by atoms with Crippen LogP contribution in [0.15, 0.2) is 28.1 Å². The van der Waals surface area contributed by atoms with E-state index in [9.17, 15) is 4.79 Å². The first-order valence-electron chi connectivity index (χ1n) is 6.98. The highest BCUT2D eigenvalue weighted by Crippen LogP contribution is 2.35. The van der Waals surface area contributed by atoms with E-state index in [1.54, 1.807) is 17.4 Å². The van der Waals surface area contributed by atoms with Crippen LogP contribution in [0.1, 0.15) is 59.8 Å². The Kier molecular flexibility index (Phi) is 3.61. The number of hydrogen-bond acceptors (Lipinski definition) is 4. The van der Waals surface area contributed by atoms with Crippen LogP contribution in [-0.2, 0) is 0 Å². The van der Waals surface area contributed by atoms with Crippen LogP contribution in [0, 0.1) is 0 Å². The van der Waals surface area contributed by atoms with Gasteiger partial charge in [0.2, 0.25) is 0 Å². The van der Waals surface area contributed by atoms with E-state index in [1.165, 1.54) is 4.88 Å². The van der Waals surface area contributed by atoms with E-state index in [4.69, 9.17) is 4.52 Å². The topological polar surface area (TPSA) is 46.3 Å². The standard InChI is InChI=1S/C15H18N2O2S/c1-10(2)13-9-11(16-19-13)15(18)17-7-3-5-12(17)14-6-4-8-20-14/h4,6,8-10,12H,3,5,7H2,1-2H3/t12-/m1/s1. The van der Waals surface area contributed by atoms with E-state index in [2.05, 4.69) is 16.6 Å². The number of thiophene rings is 1. The Labute approximate surface area is 122 Å². The van der Waals surface area contributed by atoms with Crippen LogP contribution in [0.5, 0.6) is 0 Å². The zero-order chi connectivity index (χ0) is 14.1. The molecule has 1 fully saturated rings. The SMILES string of the molecule is CC(C)c1cc(C(=O)N2CCC[C@@H]2c2cccs2)no1. The molecule has 0 unspecified atom stereocenters. The van der Waals surface area contributed by atoms with Gasteiger partial charge in [0.15, 0.2) is 5.69 Å². The summed E-state index contributed by atoms with van der Waals surface area (Å²) in [6, 6.07) is 6.11. The van der Waals surface area contributed by atoms with Gasteiger partial charge < -0.3 is 9.42 Å². The zero-order valence-electron chi connectivity index (χ0n) is 11.7. The first kappa shape index (κ1) is 13.4. The van der Waals surface area contributed by atoms with Crippen LogP contribution in [0.4, 0.5) is 0 Å². The first-order chi connectivity index (χ1) is 9.66. The van der Waals surface area contributed by atoms with E-state index in [1.807, 2.05) is 24.8 Å². The number of hydrogen-bond donors (Lipinski definition) is 0. The molecule has 0 bridgehead atoms. The Balaban J connectivity index is 1.82. The predicted octanol–water partition coefficient (Wildman–Crippen LogP) is 3.84. The van der Waals surface area contributed by atoms with Crippen molar-refractivity contribution in [3.63, 3.8) is 0 Å². The molecule has 20 heavy (non-hydrogen) atoms. The summed E-state index contributed by atoms with van der Waals surface area (Å²) in [6.07, 6.45) is 2.07. The first-order valence-corrected chi connectivity index (χ1v) is 7.85. The number of rotatable bonds is 3. The van der Waals surface area contributed by atoms with E-state index in [-0.39, 0.29) is 17.9 Å². The van der Waals surface area contributed by atoms with Crippen molar-refractivity contribution in [3.8, 4) is 0 Å². The summed E-state index contributed by atoms with van der Waals surface area (Å²) >= 11 is 1.71. The lowest BCUT2D eigenvalue weighted by molar-refractivity contribution is 0.0727. The van der Waals surface area contributed by atoms with Gasteiger partial charge in [-0.05, 0) is 24.3 Å². The van der Waals surface area contributed by atoms with Gasteiger partial charge >= 0.3 is 0 Å². The van der Waals surface area contributed by atoms with E-state index < -0.39 is 0 Å². The fraction of sp³-hybridized carbons (Fsp3) is 0.467. The summed E-state index contributed by atoms with van der Waals surface area (Å²) in [5.41, 5.74) is 0.428. The molecule has 0 N–H and O–H groups in total. The van der Waals surface area contributed by atoms with Crippen LogP contribution in [0.25, 0.3) is 0 Å². The summed E-state index contributed by atoms with van der Waals surface area (Å²) in [5.74, 6) is 0.993. The van der Waals surface area contributed by atoms with Gasteiger partial charge in [0, 0.05) is 23.4 Å². The van der Waals surface area contributed by atoms with Crippen molar-refractivity contribution in [1.82, 2.24) is 10.1 Å². The smallest absolute Gasteiger partial charge is 0.276 e. The molecule has 3 rings (SSSR count). The van der Waals surface area contributed by atoms with Crippen LogP contribution in [0.2, 0.25) is 0 Å². The second-order valence-electron chi connectivity index (χ2n) is 5.44. The summed E-state index contributed by atoms with van der Waals surface area (Å²) in [6.45, 7) is 4.85. The summed E-state index contributed by atoms with van der Waals surface area (Å²) < 4.78 is 5.24. The van der Waals surface area contributed by atoms with Crippen molar-refractivity contribution in [3.05, 3.63) is 39.9 Å². The van der Waals surface area contributed by atoms with Crippen molar-refractivity contribution >= 4 is 17.2 Å². The molecule has 0 saturated carbocycles. The second-order valence-corrected chi connectivity index (χ2v) is 6.42. The van der Waals surface area contributed by atoms with Crippen molar-refractivity contribution in [1.29, 1.82) is 0 Å². The van der Waals surface area contributed by atoms with Crippen LogP contribution >= 0.6 is 11.3 Å². The minimum atomic E-state index is -0.0171. The van der Waals surface area contributed by atoms with E-state index in [0.717, 1.165) is 25.1 Å². The number of aromatic nitrogens is 1. The van der Waals surface area contributed by atoms with Crippen molar-refractivity contribution in [2.45, 2.75) is 38.6 Å². The van der Waals surface area contributed by atoms with Gasteiger partial charge in [-0.3, -0.25) is 4.79 Å². The van der Waals surface area contributed by atoms with E-state index >= 15 is 0 Å². The van der Waals surface area contributed by atoms with Gasteiger partial charge in [-0.15, -0.1) is 11.3 Å². The van der Waals surface area contributed by atoms with Crippen LogP contribution < -0.4 is 0 Å². The highest BCUT2D eigenvalue weighted by Gasteiger charge is 2.32. The molecule has 1 saturated heterocycles. The molecular weight excluding hydrogens is 272 g/mol. The molecule has 4 nitrogen and oxygen atoms in total. The molecule has 1 atom stereocenters. The Morgan fingerprint density at radius 1 is 1.55 bits per heavy atom. The lowest BCUT2D eigenvalue weighted by Crippen LogP contribution is -2.30. The highest BCUT2D eigenvalue weighted by atomic mass is 32.1. The lowest BCUT2D eigenvalue weighted by Gasteiger charge is -2.22. The molecule has 0 aromatic carbocycles. The molecule has 0 spiro atoms.